The molecule has 1 aromatic carbocycles. The lowest BCUT2D eigenvalue weighted by Gasteiger charge is -2.36. The third kappa shape index (κ3) is 5.62. The number of carbonyl (C=O) groups excluding carboxylic acids is 2. The number of alkyl halides is 3. The third-order valence-corrected chi connectivity index (χ3v) is 8.69. The fraction of sp³-hybridized carbons (Fsp3) is 0.452. The van der Waals surface area contributed by atoms with Crippen LogP contribution in [-0.4, -0.2) is 71.9 Å². The number of piperazine rings is 1. The second kappa shape index (κ2) is 11.1. The summed E-state index contributed by atoms with van der Waals surface area (Å²) in [5.41, 5.74) is 2.63. The van der Waals surface area contributed by atoms with E-state index < -0.39 is 11.9 Å². The average molecular weight is 594 g/mol. The van der Waals surface area contributed by atoms with E-state index in [1.807, 2.05) is 34.9 Å². The minimum Gasteiger partial charge on any atom is -0.339 e. The summed E-state index contributed by atoms with van der Waals surface area (Å²) in [6, 6.07) is 5.62. The number of hydrogen-bond acceptors (Lipinski definition) is 5. The highest BCUT2D eigenvalue weighted by molar-refractivity contribution is 5.96. The first-order valence-electron chi connectivity index (χ1n) is 14.6. The fourth-order valence-electron chi connectivity index (χ4n) is 6.44. The summed E-state index contributed by atoms with van der Waals surface area (Å²) >= 11 is 0. The number of halogens is 3. The predicted octanol–water partition coefficient (Wildman–Crippen LogP) is 4.77. The molecule has 1 saturated heterocycles. The Bertz CT molecular complexity index is 1680. The van der Waals surface area contributed by atoms with Crippen LogP contribution in [0.5, 0.6) is 0 Å². The zero-order valence-electron chi connectivity index (χ0n) is 24.4. The Labute approximate surface area is 247 Å². The maximum Gasteiger partial charge on any atom is 0.435 e. The highest BCUT2D eigenvalue weighted by Crippen LogP contribution is 2.36. The summed E-state index contributed by atoms with van der Waals surface area (Å²) < 4.78 is 43.6. The molecule has 0 radical (unpaired) electrons. The van der Waals surface area contributed by atoms with Gasteiger partial charge in [-0.15, -0.1) is 0 Å². The Balaban J connectivity index is 1.16. The highest BCUT2D eigenvalue weighted by atomic mass is 19.4. The molecule has 1 aliphatic carbocycles. The molecule has 2 amide bonds. The van der Waals surface area contributed by atoms with Crippen LogP contribution in [0.1, 0.15) is 59.1 Å². The molecule has 1 aliphatic heterocycles. The van der Waals surface area contributed by atoms with Gasteiger partial charge >= 0.3 is 6.18 Å². The number of aryl methyl sites for hydroxylation is 2. The van der Waals surface area contributed by atoms with Crippen LogP contribution >= 0.6 is 0 Å². The molecule has 43 heavy (non-hydrogen) atoms. The molecule has 1 saturated carbocycles. The lowest BCUT2D eigenvalue weighted by atomic mass is 10.0. The van der Waals surface area contributed by atoms with E-state index in [1.165, 1.54) is 19.4 Å². The van der Waals surface area contributed by atoms with Crippen molar-refractivity contribution in [2.24, 2.45) is 18.9 Å². The lowest BCUT2D eigenvalue weighted by molar-refractivity contribution is -0.141. The number of aromatic nitrogens is 5. The van der Waals surface area contributed by atoms with Gasteiger partial charge in [-0.25, -0.2) is 4.98 Å². The Morgan fingerprint density at radius 3 is 2.47 bits per heavy atom. The number of carbonyl (C=O) groups is 2. The molecule has 0 bridgehead atoms. The molecule has 9 nitrogen and oxygen atoms in total. The average Bonchev–Trinajstić information content (AvgIpc) is 3.71. The zero-order valence-corrected chi connectivity index (χ0v) is 24.4. The summed E-state index contributed by atoms with van der Waals surface area (Å²) in [7, 11) is 1.45. The number of rotatable bonds is 5. The second-order valence-corrected chi connectivity index (χ2v) is 11.8. The van der Waals surface area contributed by atoms with Crippen molar-refractivity contribution < 1.29 is 22.8 Å². The van der Waals surface area contributed by atoms with Crippen LogP contribution in [0, 0.1) is 18.8 Å². The van der Waals surface area contributed by atoms with Crippen LogP contribution in [0.25, 0.3) is 16.9 Å². The fourth-order valence-corrected chi connectivity index (χ4v) is 6.44. The SMILES string of the molecule is Cc1cc(Cc2nccn3c(-c4cn(C)nc4C(F)(F)F)cnc23)ccc1C(=O)N1CCN(C(=O)[C@H]2CC[C@H](C)C2)CC1. The molecule has 226 valence electrons. The quantitative estimate of drug-likeness (QED) is 0.333. The van der Waals surface area contributed by atoms with Crippen LogP contribution in [0.2, 0.25) is 0 Å². The lowest BCUT2D eigenvalue weighted by Crippen LogP contribution is -2.51. The van der Waals surface area contributed by atoms with Crippen molar-refractivity contribution in [1.29, 1.82) is 0 Å². The van der Waals surface area contributed by atoms with E-state index in [-0.39, 0.29) is 29.0 Å². The molecule has 0 unspecified atom stereocenters. The van der Waals surface area contributed by atoms with Crippen molar-refractivity contribution in [2.75, 3.05) is 26.2 Å². The van der Waals surface area contributed by atoms with Crippen LogP contribution in [0.3, 0.4) is 0 Å². The Hall–Kier alpha value is -4.22. The first-order chi connectivity index (χ1) is 20.5. The first-order valence-corrected chi connectivity index (χ1v) is 14.6. The smallest absolute Gasteiger partial charge is 0.339 e. The van der Waals surface area contributed by atoms with Gasteiger partial charge in [-0.1, -0.05) is 19.1 Å². The van der Waals surface area contributed by atoms with Gasteiger partial charge in [0.15, 0.2) is 11.3 Å². The molecule has 2 atom stereocenters. The summed E-state index contributed by atoms with van der Waals surface area (Å²) in [5, 5.41) is 3.62. The topological polar surface area (TPSA) is 88.6 Å². The normalized spacial score (nSPS) is 19.4. The summed E-state index contributed by atoms with van der Waals surface area (Å²) in [4.78, 5) is 38.9. The molecule has 6 rings (SSSR count). The first kappa shape index (κ1) is 28.9. The maximum absolute atomic E-state index is 13.6. The van der Waals surface area contributed by atoms with Gasteiger partial charge in [-0.2, -0.15) is 18.3 Å². The van der Waals surface area contributed by atoms with Crippen LogP contribution in [0.15, 0.2) is 43.0 Å². The summed E-state index contributed by atoms with van der Waals surface area (Å²) in [6.07, 6.45) is 4.66. The van der Waals surface area contributed by atoms with Gasteiger partial charge in [-0.05, 0) is 49.3 Å². The Morgan fingerprint density at radius 1 is 1.05 bits per heavy atom. The van der Waals surface area contributed by atoms with Gasteiger partial charge < -0.3 is 9.80 Å². The number of benzene rings is 1. The molecule has 4 aromatic rings. The van der Waals surface area contributed by atoms with E-state index >= 15 is 0 Å². The van der Waals surface area contributed by atoms with Crippen molar-refractivity contribution in [1.82, 2.24) is 33.9 Å². The van der Waals surface area contributed by atoms with Crippen molar-refractivity contribution in [2.45, 2.75) is 45.7 Å². The zero-order chi connectivity index (χ0) is 30.5. The van der Waals surface area contributed by atoms with Gasteiger partial charge in [0.2, 0.25) is 5.91 Å². The van der Waals surface area contributed by atoms with Gasteiger partial charge in [0.05, 0.1) is 23.1 Å². The van der Waals surface area contributed by atoms with Gasteiger partial charge in [0.25, 0.3) is 5.91 Å². The van der Waals surface area contributed by atoms with E-state index in [0.29, 0.717) is 55.4 Å². The number of amides is 2. The van der Waals surface area contributed by atoms with Gasteiger partial charge in [0.1, 0.15) is 0 Å². The predicted molar refractivity (Wildman–Crippen MR) is 153 cm³/mol. The molecule has 4 heterocycles. The minimum absolute atomic E-state index is 0.0549. The molecular weight excluding hydrogens is 559 g/mol. The van der Waals surface area contributed by atoms with Crippen LogP contribution in [-0.2, 0) is 24.4 Å². The molecule has 0 spiro atoms. The van der Waals surface area contributed by atoms with Crippen LogP contribution < -0.4 is 0 Å². The maximum atomic E-state index is 13.6. The summed E-state index contributed by atoms with van der Waals surface area (Å²) in [6.45, 7) is 6.21. The highest BCUT2D eigenvalue weighted by Gasteiger charge is 2.38. The van der Waals surface area contributed by atoms with E-state index in [0.717, 1.165) is 35.1 Å². The number of fused-ring (bicyclic) bond motifs is 1. The largest absolute Gasteiger partial charge is 0.435 e. The van der Waals surface area contributed by atoms with Gasteiger partial charge in [-0.3, -0.25) is 23.7 Å². The Morgan fingerprint density at radius 2 is 1.79 bits per heavy atom. The minimum atomic E-state index is -4.60. The van der Waals surface area contributed by atoms with E-state index in [2.05, 4.69) is 22.0 Å². The third-order valence-electron chi connectivity index (χ3n) is 8.69. The van der Waals surface area contributed by atoms with Crippen molar-refractivity contribution in [3.05, 3.63) is 71.1 Å². The van der Waals surface area contributed by atoms with E-state index in [1.54, 1.807) is 16.8 Å². The molecule has 12 heteroatoms. The number of hydrogen-bond donors (Lipinski definition) is 0. The monoisotopic (exact) mass is 593 g/mol. The summed E-state index contributed by atoms with van der Waals surface area (Å²) in [5.74, 6) is 0.891. The van der Waals surface area contributed by atoms with E-state index in [4.69, 9.17) is 0 Å². The molecule has 3 aromatic heterocycles. The second-order valence-electron chi connectivity index (χ2n) is 11.8. The Kier molecular flexibility index (Phi) is 7.47. The molecule has 2 aliphatic rings. The van der Waals surface area contributed by atoms with E-state index in [9.17, 15) is 22.8 Å². The molecular formula is C31H34F3N7O2. The van der Waals surface area contributed by atoms with Crippen molar-refractivity contribution >= 4 is 17.5 Å². The van der Waals surface area contributed by atoms with Crippen molar-refractivity contribution in [3.63, 3.8) is 0 Å². The molecule has 2 fully saturated rings. The number of imidazole rings is 1. The standard InChI is InChI=1S/C31H34F3N7O2/c1-19-4-6-22(14-19)29(42)39-10-12-40(13-11-39)30(43)23-7-5-21(15-20(23)2)16-25-28-36-17-26(41(28)9-8-35-25)24-18-38(3)37-27(24)31(32,33)34/h5,7-9,15,17-19,22H,4,6,10-14,16H2,1-3H3/t19-,22-/m0/s1. The number of nitrogens with zero attached hydrogens (tertiary/aromatic N) is 7. The van der Waals surface area contributed by atoms with Crippen molar-refractivity contribution in [3.8, 4) is 11.3 Å². The van der Waals surface area contributed by atoms with Gasteiger partial charge in [0, 0.05) is 69.7 Å². The molecule has 0 N–H and O–H groups in total. The van der Waals surface area contributed by atoms with Crippen LogP contribution in [0.4, 0.5) is 13.2 Å².